The first-order chi connectivity index (χ1) is 33.0. The molecule has 0 spiro atoms. The topological polar surface area (TPSA) is 78.9 Å². The second-order valence-electron chi connectivity index (χ2n) is 18.6. The van der Waals surface area contributed by atoms with Crippen molar-refractivity contribution in [2.24, 2.45) is 0 Å². The van der Waals surface area contributed by atoms with Gasteiger partial charge in [-0.25, -0.2) is 0 Å². The molecule has 0 aromatic carbocycles. The summed E-state index contributed by atoms with van der Waals surface area (Å²) in [6.45, 7) is 6.46. The quantitative estimate of drug-likeness (QED) is 0.0199. The third kappa shape index (κ3) is 53.4. The van der Waals surface area contributed by atoms with Crippen molar-refractivity contribution in [1.82, 2.24) is 0 Å². The molecule has 0 saturated heterocycles. The molecule has 0 aliphatic rings. The summed E-state index contributed by atoms with van der Waals surface area (Å²) in [5.41, 5.74) is 0. The van der Waals surface area contributed by atoms with E-state index in [9.17, 15) is 14.4 Å². The van der Waals surface area contributed by atoms with Crippen molar-refractivity contribution in [1.29, 1.82) is 0 Å². The van der Waals surface area contributed by atoms with Gasteiger partial charge in [0.25, 0.3) is 0 Å². The molecule has 0 aliphatic heterocycles. The maximum absolute atomic E-state index is 12.8. The molecule has 384 valence electrons. The molecule has 0 aromatic heterocycles. The van der Waals surface area contributed by atoms with E-state index in [-0.39, 0.29) is 31.1 Å². The Balaban J connectivity index is 4.44. The van der Waals surface area contributed by atoms with Gasteiger partial charge in [-0.1, -0.05) is 241 Å². The Kier molecular flexibility index (Phi) is 52.4. The van der Waals surface area contributed by atoms with Gasteiger partial charge < -0.3 is 14.2 Å². The molecule has 0 amide bonds. The molecule has 0 aromatic rings. The van der Waals surface area contributed by atoms with Crippen LogP contribution in [0.15, 0.2) is 85.1 Å². The van der Waals surface area contributed by atoms with Gasteiger partial charge in [-0.05, 0) is 89.9 Å². The maximum Gasteiger partial charge on any atom is 0.306 e. The minimum Gasteiger partial charge on any atom is -0.462 e. The van der Waals surface area contributed by atoms with E-state index in [0.717, 1.165) is 122 Å². The normalized spacial score (nSPS) is 12.7. The second kappa shape index (κ2) is 55.2. The molecule has 0 bridgehead atoms. The average molecular weight is 933 g/mol. The maximum atomic E-state index is 12.8. The summed E-state index contributed by atoms with van der Waals surface area (Å²) in [5.74, 6) is -0.940. The lowest BCUT2D eigenvalue weighted by Crippen LogP contribution is -2.30. The summed E-state index contributed by atoms with van der Waals surface area (Å²) in [5, 5.41) is 0. The van der Waals surface area contributed by atoms with Crippen molar-refractivity contribution >= 4 is 17.9 Å². The highest BCUT2D eigenvalue weighted by atomic mass is 16.6. The molecule has 1 atom stereocenters. The van der Waals surface area contributed by atoms with Gasteiger partial charge in [-0.3, -0.25) is 14.4 Å². The Morgan fingerprint density at radius 1 is 0.313 bits per heavy atom. The SMILES string of the molecule is CC/C=C/C=C/C=C/CCCCCCCC(=O)OCC(COC(=O)CCCCCCC/C=C/C=C/C=C/CCCCCCC)OC(=O)CCCCCCC/C=C/CCCCCCCCCCC. The van der Waals surface area contributed by atoms with E-state index in [2.05, 4.69) is 106 Å². The van der Waals surface area contributed by atoms with Crippen LogP contribution in [0.25, 0.3) is 0 Å². The van der Waals surface area contributed by atoms with Gasteiger partial charge in [0, 0.05) is 19.3 Å². The van der Waals surface area contributed by atoms with Gasteiger partial charge in [0.1, 0.15) is 13.2 Å². The van der Waals surface area contributed by atoms with E-state index in [1.54, 1.807) is 0 Å². The Morgan fingerprint density at radius 3 is 0.940 bits per heavy atom. The first kappa shape index (κ1) is 63.6. The standard InChI is InChI=1S/C61H104O6/c1-4-7-10-13-16-19-22-25-27-29-31-33-36-39-42-45-48-51-54-60(63)66-57-58(56-65-59(62)53-50-47-44-41-38-35-24-21-18-15-12-9-6-3)67-61(64)55-52-49-46-43-40-37-34-32-30-28-26-23-20-17-14-11-8-5-2/h9,12,15,18,21-22,24-25,27,29,31-34,58H,4-8,10-11,13-14,16-17,19-20,23,26,28,30,35-57H2,1-3H3/b12-9+,18-15+,24-21+,25-22+,29-27+,33-31+,34-32+. The molecule has 0 saturated carbocycles. The largest absolute Gasteiger partial charge is 0.462 e. The Morgan fingerprint density at radius 2 is 0.597 bits per heavy atom. The van der Waals surface area contributed by atoms with Crippen molar-refractivity contribution < 1.29 is 28.6 Å². The van der Waals surface area contributed by atoms with Crippen LogP contribution in [0.2, 0.25) is 0 Å². The van der Waals surface area contributed by atoms with Crippen LogP contribution in [-0.4, -0.2) is 37.2 Å². The van der Waals surface area contributed by atoms with Gasteiger partial charge in [-0.15, -0.1) is 0 Å². The molecule has 0 radical (unpaired) electrons. The van der Waals surface area contributed by atoms with Crippen LogP contribution in [-0.2, 0) is 28.6 Å². The average Bonchev–Trinajstić information content (AvgIpc) is 3.33. The highest BCUT2D eigenvalue weighted by Crippen LogP contribution is 2.14. The van der Waals surface area contributed by atoms with Gasteiger partial charge in [0.05, 0.1) is 0 Å². The van der Waals surface area contributed by atoms with Gasteiger partial charge in [-0.2, -0.15) is 0 Å². The number of allylic oxidation sites excluding steroid dienone is 14. The Labute approximate surface area is 414 Å². The van der Waals surface area contributed by atoms with Crippen LogP contribution < -0.4 is 0 Å². The third-order valence-electron chi connectivity index (χ3n) is 12.0. The summed E-state index contributed by atoms with van der Waals surface area (Å²) in [6, 6.07) is 0. The van der Waals surface area contributed by atoms with Crippen molar-refractivity contribution in [2.75, 3.05) is 13.2 Å². The second-order valence-corrected chi connectivity index (χ2v) is 18.6. The summed E-state index contributed by atoms with van der Waals surface area (Å²) in [7, 11) is 0. The highest BCUT2D eigenvalue weighted by molar-refractivity contribution is 5.71. The Bertz CT molecular complexity index is 1300. The van der Waals surface area contributed by atoms with Gasteiger partial charge in [0.2, 0.25) is 0 Å². The predicted octanol–water partition coefficient (Wildman–Crippen LogP) is 18.8. The molecule has 0 fully saturated rings. The summed E-state index contributed by atoms with van der Waals surface area (Å²) >= 11 is 0. The highest BCUT2D eigenvalue weighted by Gasteiger charge is 2.19. The zero-order valence-electron chi connectivity index (χ0n) is 43.9. The van der Waals surface area contributed by atoms with Crippen molar-refractivity contribution in [3.05, 3.63) is 85.1 Å². The monoisotopic (exact) mass is 933 g/mol. The van der Waals surface area contributed by atoms with Crippen molar-refractivity contribution in [2.45, 2.75) is 271 Å². The number of hydrogen-bond acceptors (Lipinski definition) is 6. The fourth-order valence-corrected chi connectivity index (χ4v) is 7.73. The molecule has 0 heterocycles. The molecule has 6 heteroatoms. The van der Waals surface area contributed by atoms with Crippen LogP contribution in [0.3, 0.4) is 0 Å². The number of rotatable bonds is 50. The van der Waals surface area contributed by atoms with Gasteiger partial charge >= 0.3 is 17.9 Å². The molecular weight excluding hydrogens is 829 g/mol. The fourth-order valence-electron chi connectivity index (χ4n) is 7.73. The van der Waals surface area contributed by atoms with Crippen LogP contribution in [0.1, 0.15) is 265 Å². The summed E-state index contributed by atoms with van der Waals surface area (Å²) in [4.78, 5) is 38.1. The molecule has 0 rings (SSSR count). The van der Waals surface area contributed by atoms with E-state index >= 15 is 0 Å². The number of esters is 3. The number of hydrogen-bond donors (Lipinski definition) is 0. The lowest BCUT2D eigenvalue weighted by atomic mass is 10.1. The summed E-state index contributed by atoms with van der Waals surface area (Å²) in [6.07, 6.45) is 71.4. The first-order valence-corrected chi connectivity index (χ1v) is 28.2. The zero-order valence-corrected chi connectivity index (χ0v) is 43.9. The smallest absolute Gasteiger partial charge is 0.306 e. The van der Waals surface area contributed by atoms with Crippen LogP contribution in [0.5, 0.6) is 0 Å². The lowest BCUT2D eigenvalue weighted by Gasteiger charge is -2.18. The first-order valence-electron chi connectivity index (χ1n) is 28.2. The molecule has 67 heavy (non-hydrogen) atoms. The van der Waals surface area contributed by atoms with Crippen LogP contribution in [0, 0.1) is 0 Å². The minimum absolute atomic E-state index is 0.0974. The van der Waals surface area contributed by atoms with E-state index in [0.29, 0.717) is 19.3 Å². The molecule has 6 nitrogen and oxygen atoms in total. The third-order valence-corrected chi connectivity index (χ3v) is 12.0. The number of unbranched alkanes of at least 4 members (excludes halogenated alkanes) is 29. The van der Waals surface area contributed by atoms with E-state index in [1.807, 2.05) is 0 Å². The fraction of sp³-hybridized carbons (Fsp3) is 0.721. The van der Waals surface area contributed by atoms with Crippen LogP contribution >= 0.6 is 0 Å². The van der Waals surface area contributed by atoms with E-state index in [4.69, 9.17) is 14.2 Å². The Hall–Kier alpha value is -3.41. The number of ether oxygens (including phenoxy) is 3. The zero-order chi connectivity index (χ0) is 48.6. The molecule has 1 unspecified atom stereocenters. The summed E-state index contributed by atoms with van der Waals surface area (Å²) < 4.78 is 16.8. The van der Waals surface area contributed by atoms with E-state index < -0.39 is 6.10 Å². The van der Waals surface area contributed by atoms with Crippen molar-refractivity contribution in [3.63, 3.8) is 0 Å². The van der Waals surface area contributed by atoms with Gasteiger partial charge in [0.15, 0.2) is 6.10 Å². The van der Waals surface area contributed by atoms with Crippen molar-refractivity contribution in [3.8, 4) is 0 Å². The van der Waals surface area contributed by atoms with E-state index in [1.165, 1.54) is 103 Å². The molecular formula is C61H104O6. The van der Waals surface area contributed by atoms with Crippen LogP contribution in [0.4, 0.5) is 0 Å². The predicted molar refractivity (Wildman–Crippen MR) is 288 cm³/mol. The lowest BCUT2D eigenvalue weighted by molar-refractivity contribution is -0.167. The minimum atomic E-state index is -0.799. The molecule has 0 N–H and O–H groups in total. The number of carbonyl (C=O) groups excluding carboxylic acids is 3. The molecule has 0 aliphatic carbocycles. The number of carbonyl (C=O) groups is 3.